The summed E-state index contributed by atoms with van der Waals surface area (Å²) < 4.78 is 0. The summed E-state index contributed by atoms with van der Waals surface area (Å²) in [4.78, 5) is 17.0. The van der Waals surface area contributed by atoms with E-state index in [1.165, 1.54) is 25.7 Å². The summed E-state index contributed by atoms with van der Waals surface area (Å²) in [6, 6.07) is 9.59. The Morgan fingerprint density at radius 2 is 2.05 bits per heavy atom. The highest BCUT2D eigenvalue weighted by Crippen LogP contribution is 2.24. The molecule has 0 radical (unpaired) electrons. The molecule has 3 rings (SSSR count). The molecular formula is C17H21N3O. The normalized spacial score (nSPS) is 15.3. The number of carbonyl (C=O) groups excluding carboxylic acids is 1. The number of nitrogens with one attached hydrogen (secondary N) is 2. The lowest BCUT2D eigenvalue weighted by molar-refractivity contribution is 0.0949. The third-order valence-electron chi connectivity index (χ3n) is 4.24. The molecule has 1 aliphatic rings. The van der Waals surface area contributed by atoms with Crippen LogP contribution >= 0.6 is 0 Å². The lowest BCUT2D eigenvalue weighted by Gasteiger charge is -2.13. The molecule has 2 aromatic rings. The molecule has 0 aliphatic heterocycles. The summed E-state index contributed by atoms with van der Waals surface area (Å²) in [6.45, 7) is 0.782. The van der Waals surface area contributed by atoms with Crippen LogP contribution in [0.15, 0.2) is 30.3 Å². The molecule has 1 aliphatic carbocycles. The van der Waals surface area contributed by atoms with Crippen molar-refractivity contribution in [3.8, 4) is 0 Å². The average Bonchev–Trinajstić information content (AvgIpc) is 3.05. The second kappa shape index (κ2) is 6.12. The summed E-state index contributed by atoms with van der Waals surface area (Å²) in [5.41, 5.74) is 1.54. The molecule has 1 saturated carbocycles. The van der Waals surface area contributed by atoms with Gasteiger partial charge in [0.05, 0.1) is 11.1 Å². The number of nitrogens with zero attached hydrogens (tertiary/aromatic N) is 1. The van der Waals surface area contributed by atoms with Crippen LogP contribution < -0.4 is 10.6 Å². The van der Waals surface area contributed by atoms with E-state index in [2.05, 4.69) is 15.6 Å². The topological polar surface area (TPSA) is 54.0 Å². The van der Waals surface area contributed by atoms with Crippen LogP contribution in [0.1, 0.15) is 36.0 Å². The van der Waals surface area contributed by atoms with Crippen LogP contribution in [0.5, 0.6) is 0 Å². The van der Waals surface area contributed by atoms with Crippen molar-refractivity contribution in [1.82, 2.24) is 10.3 Å². The number of carbonyl (C=O) groups is 1. The molecule has 110 valence electrons. The predicted octanol–water partition coefficient (Wildman–Crippen LogP) is 3.20. The standard InChI is InChI=1S/C17H21N3O/c1-18-16-10-14(13-8-4-5-9-15(13)20-16)17(21)19-11-12-6-2-3-7-12/h4-5,8-10,12H,2-3,6-7,11H2,1H3,(H,18,20)(H,19,21). The molecule has 0 atom stereocenters. The summed E-state index contributed by atoms with van der Waals surface area (Å²) in [5, 5.41) is 7.01. The highest BCUT2D eigenvalue weighted by Gasteiger charge is 2.17. The van der Waals surface area contributed by atoms with Crippen LogP contribution in [0, 0.1) is 5.92 Å². The highest BCUT2D eigenvalue weighted by molar-refractivity contribution is 6.06. The van der Waals surface area contributed by atoms with Gasteiger partial charge in [-0.05, 0) is 30.9 Å². The maximum atomic E-state index is 12.5. The Balaban J connectivity index is 1.85. The van der Waals surface area contributed by atoms with E-state index in [1.807, 2.05) is 37.4 Å². The summed E-state index contributed by atoms with van der Waals surface area (Å²) in [6.07, 6.45) is 5.06. The second-order valence-electron chi connectivity index (χ2n) is 5.68. The second-order valence-corrected chi connectivity index (χ2v) is 5.68. The molecular weight excluding hydrogens is 262 g/mol. The number of fused-ring (bicyclic) bond motifs is 1. The number of anilines is 1. The summed E-state index contributed by atoms with van der Waals surface area (Å²) >= 11 is 0. The van der Waals surface area contributed by atoms with E-state index in [-0.39, 0.29) is 5.91 Å². The van der Waals surface area contributed by atoms with Gasteiger partial charge in [0, 0.05) is 19.0 Å². The molecule has 21 heavy (non-hydrogen) atoms. The van der Waals surface area contributed by atoms with E-state index in [4.69, 9.17) is 0 Å². The minimum absolute atomic E-state index is 0.00278. The van der Waals surface area contributed by atoms with Gasteiger partial charge in [-0.1, -0.05) is 31.0 Å². The highest BCUT2D eigenvalue weighted by atomic mass is 16.1. The Kier molecular flexibility index (Phi) is 4.04. The van der Waals surface area contributed by atoms with Crippen LogP contribution in [-0.4, -0.2) is 24.5 Å². The minimum Gasteiger partial charge on any atom is -0.373 e. The number of hydrogen-bond donors (Lipinski definition) is 2. The van der Waals surface area contributed by atoms with E-state index in [9.17, 15) is 4.79 Å². The first kappa shape index (κ1) is 13.9. The van der Waals surface area contributed by atoms with Crippen LogP contribution in [-0.2, 0) is 0 Å². The fraction of sp³-hybridized carbons (Fsp3) is 0.412. The zero-order chi connectivity index (χ0) is 14.7. The van der Waals surface area contributed by atoms with Crippen molar-refractivity contribution in [2.24, 2.45) is 5.92 Å². The molecule has 1 fully saturated rings. The molecule has 0 saturated heterocycles. The van der Waals surface area contributed by atoms with Gasteiger partial charge in [-0.3, -0.25) is 4.79 Å². The summed E-state index contributed by atoms with van der Waals surface area (Å²) in [7, 11) is 1.82. The predicted molar refractivity (Wildman–Crippen MR) is 85.6 cm³/mol. The molecule has 1 aromatic carbocycles. The van der Waals surface area contributed by atoms with Crippen LogP contribution in [0.4, 0.5) is 5.82 Å². The third-order valence-corrected chi connectivity index (χ3v) is 4.24. The number of hydrogen-bond acceptors (Lipinski definition) is 3. The Morgan fingerprint density at radius 1 is 1.29 bits per heavy atom. The average molecular weight is 283 g/mol. The van der Waals surface area contributed by atoms with Crippen molar-refractivity contribution < 1.29 is 4.79 Å². The van der Waals surface area contributed by atoms with Gasteiger partial charge in [0.1, 0.15) is 5.82 Å². The van der Waals surface area contributed by atoms with Crippen molar-refractivity contribution in [3.05, 3.63) is 35.9 Å². The Labute approximate surface area is 125 Å². The van der Waals surface area contributed by atoms with Gasteiger partial charge in [-0.25, -0.2) is 4.98 Å². The first-order valence-corrected chi connectivity index (χ1v) is 7.63. The van der Waals surface area contributed by atoms with Crippen molar-refractivity contribution in [3.63, 3.8) is 0 Å². The van der Waals surface area contributed by atoms with E-state index in [1.54, 1.807) is 0 Å². The molecule has 4 nitrogen and oxygen atoms in total. The van der Waals surface area contributed by atoms with Crippen molar-refractivity contribution >= 4 is 22.6 Å². The number of pyridine rings is 1. The first-order chi connectivity index (χ1) is 10.3. The van der Waals surface area contributed by atoms with Gasteiger partial charge in [-0.15, -0.1) is 0 Å². The Hall–Kier alpha value is -2.10. The fourth-order valence-corrected chi connectivity index (χ4v) is 3.04. The molecule has 0 spiro atoms. The minimum atomic E-state index is -0.00278. The molecule has 1 aromatic heterocycles. The lowest BCUT2D eigenvalue weighted by atomic mass is 10.1. The number of rotatable bonds is 4. The third kappa shape index (κ3) is 2.99. The molecule has 2 N–H and O–H groups in total. The van der Waals surface area contributed by atoms with Gasteiger partial charge >= 0.3 is 0 Å². The zero-order valence-electron chi connectivity index (χ0n) is 12.4. The van der Waals surface area contributed by atoms with Crippen LogP contribution in [0.3, 0.4) is 0 Å². The number of aromatic nitrogens is 1. The Bertz CT molecular complexity index is 648. The first-order valence-electron chi connectivity index (χ1n) is 7.63. The molecule has 0 bridgehead atoms. The smallest absolute Gasteiger partial charge is 0.252 e. The van der Waals surface area contributed by atoms with Crippen LogP contribution in [0.2, 0.25) is 0 Å². The van der Waals surface area contributed by atoms with Crippen LogP contribution in [0.25, 0.3) is 10.9 Å². The molecule has 0 unspecified atom stereocenters. The monoisotopic (exact) mass is 283 g/mol. The van der Waals surface area contributed by atoms with E-state index in [0.717, 1.165) is 23.3 Å². The lowest BCUT2D eigenvalue weighted by Crippen LogP contribution is -2.28. The quantitative estimate of drug-likeness (QED) is 0.906. The fourth-order valence-electron chi connectivity index (χ4n) is 3.04. The largest absolute Gasteiger partial charge is 0.373 e. The number of benzene rings is 1. The number of para-hydroxylation sites is 1. The zero-order valence-corrected chi connectivity index (χ0v) is 12.4. The maximum Gasteiger partial charge on any atom is 0.252 e. The maximum absolute atomic E-state index is 12.5. The number of amides is 1. The molecule has 1 heterocycles. The molecule has 4 heteroatoms. The van der Waals surface area contributed by atoms with E-state index >= 15 is 0 Å². The van der Waals surface area contributed by atoms with Crippen molar-refractivity contribution in [1.29, 1.82) is 0 Å². The van der Waals surface area contributed by atoms with Crippen molar-refractivity contribution in [2.45, 2.75) is 25.7 Å². The molecule has 1 amide bonds. The van der Waals surface area contributed by atoms with E-state index in [0.29, 0.717) is 11.5 Å². The summed E-state index contributed by atoms with van der Waals surface area (Å²) in [5.74, 6) is 1.36. The van der Waals surface area contributed by atoms with E-state index < -0.39 is 0 Å². The SMILES string of the molecule is CNc1cc(C(=O)NCC2CCCC2)c2ccccc2n1. The van der Waals surface area contributed by atoms with Gasteiger partial charge < -0.3 is 10.6 Å². The van der Waals surface area contributed by atoms with Gasteiger partial charge in [0.25, 0.3) is 5.91 Å². The van der Waals surface area contributed by atoms with Gasteiger partial charge in [0.15, 0.2) is 0 Å². The van der Waals surface area contributed by atoms with Gasteiger partial charge in [-0.2, -0.15) is 0 Å². The van der Waals surface area contributed by atoms with Crippen molar-refractivity contribution in [2.75, 3.05) is 18.9 Å². The Morgan fingerprint density at radius 3 is 2.81 bits per heavy atom. The van der Waals surface area contributed by atoms with Gasteiger partial charge in [0.2, 0.25) is 0 Å².